The first-order chi connectivity index (χ1) is 13.7. The molecule has 0 bridgehead atoms. The maximum absolute atomic E-state index is 12.8. The molecule has 30 heavy (non-hydrogen) atoms. The molecule has 1 rings (SSSR count). The Labute approximate surface area is 174 Å². The van der Waals surface area contributed by atoms with E-state index in [9.17, 15) is 26.7 Å². The van der Waals surface area contributed by atoms with Gasteiger partial charge >= 0.3 is 15.6 Å². The van der Waals surface area contributed by atoms with E-state index >= 15 is 0 Å². The molecule has 1 fully saturated rings. The Hall–Kier alpha value is -0.540. The number of hydrogen-bond donors (Lipinski definition) is 1. The van der Waals surface area contributed by atoms with Gasteiger partial charge in [-0.25, -0.2) is 0 Å². The lowest BCUT2D eigenvalue weighted by Crippen LogP contribution is -2.69. The minimum Gasteiger partial charge on any atom is -0.394 e. The van der Waals surface area contributed by atoms with Gasteiger partial charge < -0.3 is 28.8 Å². The molecule has 0 aromatic rings. The van der Waals surface area contributed by atoms with Gasteiger partial charge in [-0.1, -0.05) is 13.3 Å². The van der Waals surface area contributed by atoms with Gasteiger partial charge in [0, 0.05) is 20.8 Å². The Morgan fingerprint density at radius 1 is 1.10 bits per heavy atom. The monoisotopic (exact) mass is 468 g/mol. The van der Waals surface area contributed by atoms with Crippen LogP contribution >= 0.6 is 0 Å². The summed E-state index contributed by atoms with van der Waals surface area (Å²) in [6, 6.07) is 0. The maximum atomic E-state index is 12.8. The SMILES string of the molecule is CCCCO[C@H](C)[C@H]1O[C@](C)(OC)[C@@](C)(OC)O[C@@H]1[C@@H](CO)OS(=O)(=O)C(F)(F)F. The van der Waals surface area contributed by atoms with Crippen LogP contribution in [0.25, 0.3) is 0 Å². The van der Waals surface area contributed by atoms with E-state index in [1.165, 1.54) is 28.1 Å². The van der Waals surface area contributed by atoms with Gasteiger partial charge in [-0.15, -0.1) is 0 Å². The van der Waals surface area contributed by atoms with E-state index in [1.807, 2.05) is 6.92 Å². The highest BCUT2D eigenvalue weighted by atomic mass is 32.2. The van der Waals surface area contributed by atoms with Crippen molar-refractivity contribution in [3.05, 3.63) is 0 Å². The van der Waals surface area contributed by atoms with Crippen LogP contribution in [0.1, 0.15) is 40.5 Å². The number of rotatable bonds is 11. The normalized spacial score (nSPS) is 32.7. The van der Waals surface area contributed by atoms with Crippen molar-refractivity contribution in [1.82, 2.24) is 0 Å². The third-order valence-corrected chi connectivity index (χ3v) is 6.14. The molecule has 180 valence electrons. The van der Waals surface area contributed by atoms with Crippen LogP contribution in [-0.4, -0.2) is 82.5 Å². The van der Waals surface area contributed by atoms with Crippen molar-refractivity contribution in [3.63, 3.8) is 0 Å². The van der Waals surface area contributed by atoms with Crippen molar-refractivity contribution in [2.24, 2.45) is 0 Å². The van der Waals surface area contributed by atoms with E-state index in [2.05, 4.69) is 4.18 Å². The van der Waals surface area contributed by atoms with Gasteiger partial charge in [0.1, 0.15) is 18.3 Å². The number of aliphatic hydroxyl groups is 1. The molecule has 1 aliphatic heterocycles. The van der Waals surface area contributed by atoms with E-state index in [-0.39, 0.29) is 0 Å². The molecule has 0 aromatic carbocycles. The fourth-order valence-corrected chi connectivity index (χ4v) is 3.50. The maximum Gasteiger partial charge on any atom is 0.523 e. The number of unbranched alkanes of at least 4 members (excludes halogenated alkanes) is 1. The third-order valence-electron chi connectivity index (χ3n) is 5.07. The van der Waals surface area contributed by atoms with Crippen molar-refractivity contribution in [1.29, 1.82) is 0 Å². The zero-order valence-corrected chi connectivity index (χ0v) is 18.7. The second kappa shape index (κ2) is 10.4. The third kappa shape index (κ3) is 5.82. The second-order valence-electron chi connectivity index (χ2n) is 7.11. The predicted octanol–water partition coefficient (Wildman–Crippen LogP) is 1.93. The number of hydrogen-bond acceptors (Lipinski definition) is 9. The van der Waals surface area contributed by atoms with Crippen molar-refractivity contribution in [3.8, 4) is 0 Å². The average Bonchev–Trinajstić information content (AvgIpc) is 2.67. The fourth-order valence-electron chi connectivity index (χ4n) is 2.90. The average molecular weight is 468 g/mol. The van der Waals surface area contributed by atoms with Crippen LogP contribution in [0.4, 0.5) is 13.2 Å². The minimum absolute atomic E-state index is 0.320. The molecule has 1 saturated heterocycles. The summed E-state index contributed by atoms with van der Waals surface area (Å²) in [6.07, 6.45) is -3.84. The summed E-state index contributed by atoms with van der Waals surface area (Å²) in [5, 5.41) is 9.65. The lowest BCUT2D eigenvalue weighted by Gasteiger charge is -2.54. The van der Waals surface area contributed by atoms with Gasteiger partial charge in [-0.2, -0.15) is 21.6 Å². The highest BCUT2D eigenvalue weighted by Crippen LogP contribution is 2.42. The number of ether oxygens (including phenoxy) is 5. The van der Waals surface area contributed by atoms with Crippen LogP contribution in [0.5, 0.6) is 0 Å². The molecule has 1 heterocycles. The van der Waals surface area contributed by atoms with Crippen LogP contribution in [-0.2, 0) is 38.0 Å². The molecular weight excluding hydrogens is 437 g/mol. The van der Waals surface area contributed by atoms with Gasteiger partial charge in [-0.05, 0) is 27.2 Å². The molecule has 0 unspecified atom stereocenters. The van der Waals surface area contributed by atoms with Crippen LogP contribution in [0.3, 0.4) is 0 Å². The summed E-state index contributed by atoms with van der Waals surface area (Å²) in [4.78, 5) is 0. The van der Waals surface area contributed by atoms with Crippen LogP contribution < -0.4 is 0 Å². The molecule has 0 radical (unpaired) electrons. The van der Waals surface area contributed by atoms with Gasteiger partial charge in [-0.3, -0.25) is 4.18 Å². The van der Waals surface area contributed by atoms with Crippen molar-refractivity contribution < 1.29 is 54.6 Å². The molecule has 0 aliphatic carbocycles. The highest BCUT2D eigenvalue weighted by molar-refractivity contribution is 7.87. The lowest BCUT2D eigenvalue weighted by atomic mass is 9.97. The Balaban J connectivity index is 3.31. The first-order valence-corrected chi connectivity index (χ1v) is 10.8. The summed E-state index contributed by atoms with van der Waals surface area (Å²) in [7, 11) is -3.45. The van der Waals surface area contributed by atoms with E-state index in [1.54, 1.807) is 6.92 Å². The Bertz CT molecular complexity index is 645. The number of aliphatic hydroxyl groups excluding tert-OH is 1. The van der Waals surface area contributed by atoms with Gasteiger partial charge in [0.15, 0.2) is 0 Å². The molecule has 13 heteroatoms. The quantitative estimate of drug-likeness (QED) is 0.276. The Kier molecular flexibility index (Phi) is 9.52. The second-order valence-corrected chi connectivity index (χ2v) is 8.67. The summed E-state index contributed by atoms with van der Waals surface area (Å²) in [5.41, 5.74) is -5.68. The number of alkyl halides is 3. The lowest BCUT2D eigenvalue weighted by molar-refractivity contribution is -0.459. The molecule has 1 N–H and O–H groups in total. The van der Waals surface area contributed by atoms with E-state index in [0.29, 0.717) is 13.0 Å². The molecule has 6 atom stereocenters. The summed E-state index contributed by atoms with van der Waals surface area (Å²) < 4.78 is 93.9. The number of halogens is 3. The Morgan fingerprint density at radius 3 is 2.00 bits per heavy atom. The van der Waals surface area contributed by atoms with Crippen LogP contribution in [0.2, 0.25) is 0 Å². The van der Waals surface area contributed by atoms with E-state index in [0.717, 1.165) is 6.42 Å². The topological polar surface area (TPSA) is 110 Å². The van der Waals surface area contributed by atoms with E-state index in [4.69, 9.17) is 23.7 Å². The number of methoxy groups -OCH3 is 2. The molecule has 0 saturated carbocycles. The first kappa shape index (κ1) is 27.5. The molecule has 9 nitrogen and oxygen atoms in total. The van der Waals surface area contributed by atoms with Gasteiger partial charge in [0.05, 0.1) is 12.7 Å². The summed E-state index contributed by atoms with van der Waals surface area (Å²) in [6.45, 7) is 5.62. The van der Waals surface area contributed by atoms with Gasteiger partial charge in [0.25, 0.3) is 0 Å². The first-order valence-electron chi connectivity index (χ1n) is 9.39. The van der Waals surface area contributed by atoms with Crippen molar-refractivity contribution in [2.75, 3.05) is 27.4 Å². The molecule has 0 aromatic heterocycles. The standard InChI is InChI=1S/C17H31F3O9S/c1-7-8-9-26-11(2)13-14(12(10-21)29-30(22,23)17(18,19)20)28-16(4,25-6)15(3,24-5)27-13/h11-14,21H,7-10H2,1-6H3/t11-,12-,13-,14-,15+,16+/m1/s1. The molecular formula is C17H31F3O9S. The zero-order chi connectivity index (χ0) is 23.4. The van der Waals surface area contributed by atoms with E-state index < -0.39 is 58.2 Å². The van der Waals surface area contributed by atoms with Crippen molar-refractivity contribution >= 4 is 10.1 Å². The van der Waals surface area contributed by atoms with Crippen molar-refractivity contribution in [2.45, 2.75) is 82.0 Å². The molecule has 0 spiro atoms. The molecule has 1 aliphatic rings. The highest BCUT2D eigenvalue weighted by Gasteiger charge is 2.60. The smallest absolute Gasteiger partial charge is 0.394 e. The Morgan fingerprint density at radius 2 is 1.60 bits per heavy atom. The molecule has 0 amide bonds. The minimum atomic E-state index is -6.02. The predicted molar refractivity (Wildman–Crippen MR) is 97.8 cm³/mol. The van der Waals surface area contributed by atoms with Gasteiger partial charge in [0.2, 0.25) is 11.6 Å². The fraction of sp³-hybridized carbons (Fsp3) is 1.00. The van der Waals surface area contributed by atoms with Crippen LogP contribution in [0.15, 0.2) is 0 Å². The summed E-state index contributed by atoms with van der Waals surface area (Å²) >= 11 is 0. The summed E-state index contributed by atoms with van der Waals surface area (Å²) in [5.74, 6) is -3.21. The van der Waals surface area contributed by atoms with Crippen LogP contribution in [0, 0.1) is 0 Å². The largest absolute Gasteiger partial charge is 0.523 e. The zero-order valence-electron chi connectivity index (χ0n) is 17.9.